The molecule has 1 N–H and O–H groups in total. The molecule has 1 aliphatic rings. The van der Waals surface area contributed by atoms with E-state index in [4.69, 9.17) is 14.2 Å². The molecule has 1 aliphatic heterocycles. The normalized spacial score (nSPS) is 16.3. The van der Waals surface area contributed by atoms with Crippen LogP contribution in [0.3, 0.4) is 0 Å². The van der Waals surface area contributed by atoms with Crippen LogP contribution in [0.2, 0.25) is 0 Å². The average Bonchev–Trinajstić information content (AvgIpc) is 3.24. The van der Waals surface area contributed by atoms with Crippen molar-refractivity contribution in [1.29, 1.82) is 0 Å². The molecule has 8 nitrogen and oxygen atoms in total. The van der Waals surface area contributed by atoms with Crippen molar-refractivity contribution in [2.45, 2.75) is 39.8 Å². The summed E-state index contributed by atoms with van der Waals surface area (Å²) in [5.41, 5.74) is 3.30. The van der Waals surface area contributed by atoms with E-state index in [9.17, 15) is 14.7 Å². The fraction of sp³-hybridized carbons (Fsp3) is 0.371. The second-order valence-electron chi connectivity index (χ2n) is 11.5. The summed E-state index contributed by atoms with van der Waals surface area (Å²) in [5, 5.41) is 11.5. The summed E-state index contributed by atoms with van der Waals surface area (Å²) >= 11 is 0. The summed E-state index contributed by atoms with van der Waals surface area (Å²) in [6.45, 7) is 8.09. The van der Waals surface area contributed by atoms with Crippen molar-refractivity contribution in [3.8, 4) is 17.2 Å². The lowest BCUT2D eigenvalue weighted by molar-refractivity contribution is -0.140. The molecule has 0 aromatic heterocycles. The number of nitrogens with zero attached hydrogens (tertiary/aromatic N) is 2. The van der Waals surface area contributed by atoms with E-state index in [0.717, 1.165) is 17.5 Å². The lowest BCUT2D eigenvalue weighted by Crippen LogP contribution is -2.35. The van der Waals surface area contributed by atoms with Crippen LogP contribution in [0, 0.1) is 12.8 Å². The number of aryl methyl sites for hydroxylation is 1. The summed E-state index contributed by atoms with van der Waals surface area (Å²) in [5.74, 6) is 0.583. The number of amides is 1. The minimum Gasteiger partial charge on any atom is -0.507 e. The molecular weight excluding hydrogens is 544 g/mol. The third-order valence-electron chi connectivity index (χ3n) is 7.40. The Hall–Kier alpha value is -4.30. The van der Waals surface area contributed by atoms with Gasteiger partial charge in [0.15, 0.2) is 11.5 Å². The Morgan fingerprint density at radius 3 is 2.37 bits per heavy atom. The van der Waals surface area contributed by atoms with Crippen LogP contribution in [0.15, 0.2) is 72.3 Å². The molecule has 0 aliphatic carbocycles. The molecule has 4 rings (SSSR count). The predicted molar refractivity (Wildman–Crippen MR) is 167 cm³/mol. The number of methoxy groups -OCH3 is 1. The van der Waals surface area contributed by atoms with Gasteiger partial charge >= 0.3 is 0 Å². The summed E-state index contributed by atoms with van der Waals surface area (Å²) in [4.78, 5) is 30.2. The zero-order valence-corrected chi connectivity index (χ0v) is 25.9. The van der Waals surface area contributed by atoms with E-state index in [0.29, 0.717) is 60.6 Å². The number of benzene rings is 3. The second kappa shape index (κ2) is 14.2. The number of carbonyl (C=O) groups excluding carboxylic acids is 2. The number of ketones is 1. The lowest BCUT2D eigenvalue weighted by Gasteiger charge is -2.27. The minimum absolute atomic E-state index is 0.0349. The average molecular weight is 587 g/mol. The highest BCUT2D eigenvalue weighted by molar-refractivity contribution is 6.46. The molecule has 1 fully saturated rings. The minimum atomic E-state index is -0.796. The number of hydrogen-bond donors (Lipinski definition) is 1. The van der Waals surface area contributed by atoms with Crippen LogP contribution in [0.5, 0.6) is 17.2 Å². The van der Waals surface area contributed by atoms with Crippen molar-refractivity contribution in [3.05, 3.63) is 94.6 Å². The molecule has 1 atom stereocenters. The topological polar surface area (TPSA) is 88.5 Å². The Morgan fingerprint density at radius 1 is 0.977 bits per heavy atom. The van der Waals surface area contributed by atoms with Gasteiger partial charge in [0.2, 0.25) is 0 Å². The lowest BCUT2D eigenvalue weighted by atomic mass is 9.95. The smallest absolute Gasteiger partial charge is 0.295 e. The first-order valence-corrected chi connectivity index (χ1v) is 14.6. The van der Waals surface area contributed by atoms with E-state index in [2.05, 4.69) is 19.9 Å². The molecule has 1 saturated heterocycles. The molecule has 0 radical (unpaired) electrons. The summed E-state index contributed by atoms with van der Waals surface area (Å²) in [6.07, 6.45) is 0.894. The van der Waals surface area contributed by atoms with E-state index in [1.165, 1.54) is 4.90 Å². The van der Waals surface area contributed by atoms with Crippen LogP contribution in [-0.4, -0.2) is 67.5 Å². The van der Waals surface area contributed by atoms with Gasteiger partial charge in [-0.2, -0.15) is 0 Å². The third-order valence-corrected chi connectivity index (χ3v) is 7.40. The molecule has 8 heteroatoms. The van der Waals surface area contributed by atoms with Gasteiger partial charge < -0.3 is 29.1 Å². The molecule has 0 spiro atoms. The van der Waals surface area contributed by atoms with Crippen molar-refractivity contribution in [2.75, 3.05) is 40.9 Å². The number of carbonyl (C=O) groups is 2. The Morgan fingerprint density at radius 2 is 1.72 bits per heavy atom. The molecular formula is C35H42N2O6. The summed E-state index contributed by atoms with van der Waals surface area (Å²) in [6, 6.07) is 19.6. The third kappa shape index (κ3) is 7.76. The first-order valence-electron chi connectivity index (χ1n) is 14.6. The highest BCUT2D eigenvalue weighted by atomic mass is 16.5. The highest BCUT2D eigenvalue weighted by Gasteiger charge is 2.46. The van der Waals surface area contributed by atoms with Crippen molar-refractivity contribution < 1.29 is 28.9 Å². The van der Waals surface area contributed by atoms with Gasteiger partial charge in [0.1, 0.15) is 18.1 Å². The standard InChI is InChI=1S/C35H42N2O6/c1-23(2)16-19-42-29-15-12-27(21-30(29)41-6)32-31(34(39)35(40)37(32)18-17-36(4)5)33(38)26-10-13-28(14-11-26)43-22-25-9-7-8-24(3)20-25/h7-15,20-21,23,32,38H,16-19,22H2,1-6H3/b33-31+. The molecule has 0 bridgehead atoms. The summed E-state index contributed by atoms with van der Waals surface area (Å²) < 4.78 is 17.5. The van der Waals surface area contributed by atoms with Crippen molar-refractivity contribution in [1.82, 2.24) is 9.80 Å². The maximum absolute atomic E-state index is 13.4. The Bertz CT molecular complexity index is 1460. The van der Waals surface area contributed by atoms with Crippen LogP contribution in [0.25, 0.3) is 5.76 Å². The maximum atomic E-state index is 13.4. The first kappa shape index (κ1) is 31.6. The number of likely N-dealkylation sites (tertiary alicyclic amines) is 1. The van der Waals surface area contributed by atoms with Crippen molar-refractivity contribution >= 4 is 17.4 Å². The van der Waals surface area contributed by atoms with E-state index in [1.807, 2.05) is 50.2 Å². The number of likely N-dealkylation sites (N-methyl/N-ethyl adjacent to an activating group) is 1. The molecule has 0 saturated carbocycles. The van der Waals surface area contributed by atoms with E-state index >= 15 is 0 Å². The largest absolute Gasteiger partial charge is 0.507 e. The second-order valence-corrected chi connectivity index (χ2v) is 11.5. The quantitative estimate of drug-likeness (QED) is 0.150. The van der Waals surface area contributed by atoms with Gasteiger partial charge in [0, 0.05) is 18.7 Å². The number of hydrogen-bond acceptors (Lipinski definition) is 7. The molecule has 3 aromatic carbocycles. The van der Waals surface area contributed by atoms with Crippen LogP contribution < -0.4 is 14.2 Å². The SMILES string of the molecule is COc1cc(C2/C(=C(\O)c3ccc(OCc4cccc(C)c4)cc3)C(=O)C(=O)N2CCN(C)C)ccc1OCCC(C)C. The Kier molecular flexibility index (Phi) is 10.5. The first-order chi connectivity index (χ1) is 20.6. The van der Waals surface area contributed by atoms with Gasteiger partial charge in [0.25, 0.3) is 11.7 Å². The van der Waals surface area contributed by atoms with Gasteiger partial charge in [0.05, 0.1) is 25.3 Å². The van der Waals surface area contributed by atoms with Gasteiger partial charge in [-0.15, -0.1) is 0 Å². The fourth-order valence-electron chi connectivity index (χ4n) is 4.98. The van der Waals surface area contributed by atoms with E-state index in [1.54, 1.807) is 43.5 Å². The molecule has 1 heterocycles. The van der Waals surface area contributed by atoms with Crippen molar-refractivity contribution in [3.63, 3.8) is 0 Å². The van der Waals surface area contributed by atoms with Crippen LogP contribution in [-0.2, 0) is 16.2 Å². The highest BCUT2D eigenvalue weighted by Crippen LogP contribution is 2.42. The fourth-order valence-corrected chi connectivity index (χ4v) is 4.98. The van der Waals surface area contributed by atoms with Crippen LogP contribution in [0.4, 0.5) is 0 Å². The Labute approximate surface area is 254 Å². The molecule has 1 unspecified atom stereocenters. The van der Waals surface area contributed by atoms with Gasteiger partial charge in [-0.05, 0) is 80.9 Å². The number of ether oxygens (including phenoxy) is 3. The Balaban J connectivity index is 1.66. The number of aliphatic hydroxyl groups excluding tert-OH is 1. The number of Topliss-reactive ketones (excluding diaryl/α,β-unsaturated/α-hetero) is 1. The maximum Gasteiger partial charge on any atom is 0.295 e. The zero-order chi connectivity index (χ0) is 31.1. The number of aliphatic hydroxyl groups is 1. The van der Waals surface area contributed by atoms with E-state index in [-0.39, 0.29) is 11.3 Å². The van der Waals surface area contributed by atoms with Crippen molar-refractivity contribution in [2.24, 2.45) is 5.92 Å². The summed E-state index contributed by atoms with van der Waals surface area (Å²) in [7, 11) is 5.36. The predicted octanol–water partition coefficient (Wildman–Crippen LogP) is 5.99. The molecule has 3 aromatic rings. The molecule has 1 amide bonds. The van der Waals surface area contributed by atoms with E-state index < -0.39 is 17.7 Å². The zero-order valence-electron chi connectivity index (χ0n) is 25.9. The number of rotatable bonds is 13. The van der Waals surface area contributed by atoms with Gasteiger partial charge in [-0.3, -0.25) is 9.59 Å². The van der Waals surface area contributed by atoms with Crippen LogP contribution in [0.1, 0.15) is 48.6 Å². The molecule has 43 heavy (non-hydrogen) atoms. The van der Waals surface area contributed by atoms with Gasteiger partial charge in [-0.1, -0.05) is 49.7 Å². The monoisotopic (exact) mass is 586 g/mol. The molecule has 228 valence electrons. The van der Waals surface area contributed by atoms with Crippen LogP contribution >= 0.6 is 0 Å². The van der Waals surface area contributed by atoms with Gasteiger partial charge in [-0.25, -0.2) is 0 Å².